The summed E-state index contributed by atoms with van der Waals surface area (Å²) in [5, 5.41) is 7.57. The maximum atomic E-state index is 12.7. The van der Waals surface area contributed by atoms with E-state index < -0.39 is 0 Å². The van der Waals surface area contributed by atoms with Gasteiger partial charge in [-0.15, -0.1) is 0 Å². The Labute approximate surface area is 185 Å². The lowest BCUT2D eigenvalue weighted by Crippen LogP contribution is -2.45. The molecule has 1 saturated heterocycles. The first-order valence-corrected chi connectivity index (χ1v) is 11.5. The van der Waals surface area contributed by atoms with Crippen molar-refractivity contribution >= 4 is 28.9 Å². The molecular formula is C25H31N3OS. The molecule has 30 heavy (non-hydrogen) atoms. The summed E-state index contributed by atoms with van der Waals surface area (Å²) in [6.45, 7) is 3.87. The zero-order chi connectivity index (χ0) is 21.0. The molecule has 4 nitrogen and oxygen atoms in total. The standard InChI is InChI=1S/C25H31N3OS/c1-19-8-7-9-21(18-19)25(14-3-4-15-25)27-24(30)26-22-12-10-20(11-13-22)23(29)28-16-5-2-6-17-28/h7-13,18H,2-6,14-17H2,1H3,(H2,26,27,30). The highest BCUT2D eigenvalue weighted by molar-refractivity contribution is 7.80. The number of rotatable bonds is 4. The topological polar surface area (TPSA) is 44.4 Å². The Balaban J connectivity index is 1.41. The maximum absolute atomic E-state index is 12.7. The Bertz CT molecular complexity index is 897. The summed E-state index contributed by atoms with van der Waals surface area (Å²) in [7, 11) is 0. The summed E-state index contributed by atoms with van der Waals surface area (Å²) in [6, 6.07) is 16.4. The van der Waals surface area contributed by atoms with E-state index in [2.05, 4.69) is 41.8 Å². The Hall–Kier alpha value is -2.40. The van der Waals surface area contributed by atoms with Crippen molar-refractivity contribution in [3.05, 3.63) is 65.2 Å². The van der Waals surface area contributed by atoms with Crippen LogP contribution in [-0.2, 0) is 5.54 Å². The van der Waals surface area contributed by atoms with Crippen molar-refractivity contribution in [1.29, 1.82) is 0 Å². The van der Waals surface area contributed by atoms with E-state index in [0.717, 1.165) is 50.0 Å². The number of likely N-dealkylation sites (tertiary alicyclic amines) is 1. The Morgan fingerprint density at radius 3 is 2.33 bits per heavy atom. The van der Waals surface area contributed by atoms with Crippen LogP contribution in [0.1, 0.15) is 66.4 Å². The van der Waals surface area contributed by atoms with Crippen LogP contribution in [0.25, 0.3) is 0 Å². The number of carbonyl (C=O) groups is 1. The minimum atomic E-state index is -0.0970. The van der Waals surface area contributed by atoms with Gasteiger partial charge in [-0.1, -0.05) is 42.7 Å². The lowest BCUT2D eigenvalue weighted by molar-refractivity contribution is 0.0724. The minimum Gasteiger partial charge on any atom is -0.353 e. The number of amides is 1. The van der Waals surface area contributed by atoms with Gasteiger partial charge in [0.05, 0.1) is 5.54 Å². The van der Waals surface area contributed by atoms with Crippen molar-refractivity contribution in [2.75, 3.05) is 18.4 Å². The van der Waals surface area contributed by atoms with Crippen LogP contribution in [0.4, 0.5) is 5.69 Å². The molecule has 0 spiro atoms. The van der Waals surface area contributed by atoms with E-state index in [1.807, 2.05) is 29.2 Å². The zero-order valence-corrected chi connectivity index (χ0v) is 18.6. The van der Waals surface area contributed by atoms with Crippen LogP contribution in [0.15, 0.2) is 48.5 Å². The quantitative estimate of drug-likeness (QED) is 0.651. The summed E-state index contributed by atoms with van der Waals surface area (Å²) in [5.41, 5.74) is 4.13. The summed E-state index contributed by atoms with van der Waals surface area (Å²) in [5.74, 6) is 0.131. The monoisotopic (exact) mass is 421 g/mol. The van der Waals surface area contributed by atoms with Gasteiger partial charge in [-0.3, -0.25) is 4.79 Å². The zero-order valence-electron chi connectivity index (χ0n) is 17.7. The van der Waals surface area contributed by atoms with E-state index in [1.165, 1.54) is 30.4 Å². The summed E-state index contributed by atoms with van der Waals surface area (Å²) >= 11 is 5.67. The Morgan fingerprint density at radius 2 is 1.67 bits per heavy atom. The molecule has 1 aliphatic heterocycles. The van der Waals surface area contributed by atoms with Crippen LogP contribution in [0.3, 0.4) is 0 Å². The Morgan fingerprint density at radius 1 is 0.967 bits per heavy atom. The maximum Gasteiger partial charge on any atom is 0.253 e. The number of aryl methyl sites for hydroxylation is 1. The average Bonchev–Trinajstić information content (AvgIpc) is 3.24. The third kappa shape index (κ3) is 4.67. The number of anilines is 1. The summed E-state index contributed by atoms with van der Waals surface area (Å²) < 4.78 is 0. The minimum absolute atomic E-state index is 0.0970. The second kappa shape index (κ2) is 9.17. The number of thiocarbonyl (C=S) groups is 1. The fourth-order valence-electron chi connectivity index (χ4n) is 4.76. The lowest BCUT2D eigenvalue weighted by Gasteiger charge is -2.33. The highest BCUT2D eigenvalue weighted by atomic mass is 32.1. The van der Waals surface area contributed by atoms with Gasteiger partial charge in [0, 0.05) is 24.3 Å². The molecule has 1 aliphatic carbocycles. The van der Waals surface area contributed by atoms with E-state index in [4.69, 9.17) is 12.2 Å². The first-order chi connectivity index (χ1) is 14.6. The first kappa shape index (κ1) is 20.9. The molecule has 0 unspecified atom stereocenters. The van der Waals surface area contributed by atoms with Crippen LogP contribution in [0, 0.1) is 6.92 Å². The van der Waals surface area contributed by atoms with E-state index in [9.17, 15) is 4.79 Å². The van der Waals surface area contributed by atoms with Gasteiger partial charge < -0.3 is 15.5 Å². The van der Waals surface area contributed by atoms with E-state index >= 15 is 0 Å². The third-order valence-electron chi connectivity index (χ3n) is 6.41. The van der Waals surface area contributed by atoms with Gasteiger partial charge in [-0.2, -0.15) is 0 Å². The molecule has 2 aliphatic rings. The Kier molecular flexibility index (Phi) is 6.38. The molecule has 2 aromatic rings. The number of piperidine rings is 1. The highest BCUT2D eigenvalue weighted by Gasteiger charge is 2.36. The average molecular weight is 422 g/mol. The van der Waals surface area contributed by atoms with E-state index in [1.54, 1.807) is 0 Å². The molecule has 1 amide bonds. The number of hydrogen-bond acceptors (Lipinski definition) is 2. The van der Waals surface area contributed by atoms with Gasteiger partial charge in [-0.25, -0.2) is 0 Å². The smallest absolute Gasteiger partial charge is 0.253 e. The molecular weight excluding hydrogens is 390 g/mol. The van der Waals surface area contributed by atoms with Crippen LogP contribution in [-0.4, -0.2) is 29.0 Å². The first-order valence-electron chi connectivity index (χ1n) is 11.1. The van der Waals surface area contributed by atoms with Crippen molar-refractivity contribution in [2.45, 2.75) is 57.4 Å². The van der Waals surface area contributed by atoms with Gasteiger partial charge >= 0.3 is 0 Å². The molecule has 4 rings (SSSR count). The van der Waals surface area contributed by atoms with Gasteiger partial charge in [0.1, 0.15) is 0 Å². The fourth-order valence-corrected chi connectivity index (χ4v) is 5.08. The molecule has 2 aromatic carbocycles. The van der Waals surface area contributed by atoms with Gasteiger partial charge in [-0.05, 0) is 81.1 Å². The predicted molar refractivity (Wildman–Crippen MR) is 127 cm³/mol. The van der Waals surface area contributed by atoms with E-state index in [0.29, 0.717) is 5.11 Å². The SMILES string of the molecule is Cc1cccc(C2(NC(=S)Nc3ccc(C(=O)N4CCCCC4)cc3)CCCC2)c1. The molecule has 0 atom stereocenters. The molecule has 2 fully saturated rings. The number of nitrogens with one attached hydrogen (secondary N) is 2. The van der Waals surface area contributed by atoms with Crippen molar-refractivity contribution in [2.24, 2.45) is 0 Å². The molecule has 1 saturated carbocycles. The fraction of sp³-hybridized carbons (Fsp3) is 0.440. The van der Waals surface area contributed by atoms with Gasteiger partial charge in [0.15, 0.2) is 5.11 Å². The molecule has 5 heteroatoms. The molecule has 0 bridgehead atoms. The van der Waals surface area contributed by atoms with Gasteiger partial charge in [0.2, 0.25) is 0 Å². The van der Waals surface area contributed by atoms with Crippen LogP contribution in [0.5, 0.6) is 0 Å². The van der Waals surface area contributed by atoms with Crippen molar-refractivity contribution in [3.8, 4) is 0 Å². The molecule has 1 heterocycles. The van der Waals surface area contributed by atoms with Crippen molar-refractivity contribution < 1.29 is 4.79 Å². The van der Waals surface area contributed by atoms with Crippen LogP contribution < -0.4 is 10.6 Å². The number of benzene rings is 2. The second-order valence-corrected chi connectivity index (χ2v) is 9.08. The van der Waals surface area contributed by atoms with Crippen LogP contribution in [0.2, 0.25) is 0 Å². The largest absolute Gasteiger partial charge is 0.353 e. The number of hydrogen-bond donors (Lipinski definition) is 2. The summed E-state index contributed by atoms with van der Waals surface area (Å²) in [4.78, 5) is 14.6. The third-order valence-corrected chi connectivity index (χ3v) is 6.62. The van der Waals surface area contributed by atoms with E-state index in [-0.39, 0.29) is 11.4 Å². The van der Waals surface area contributed by atoms with Crippen molar-refractivity contribution in [1.82, 2.24) is 10.2 Å². The molecule has 2 N–H and O–H groups in total. The number of carbonyl (C=O) groups excluding carboxylic acids is 1. The molecule has 158 valence electrons. The lowest BCUT2D eigenvalue weighted by atomic mass is 9.87. The van der Waals surface area contributed by atoms with Crippen molar-refractivity contribution in [3.63, 3.8) is 0 Å². The molecule has 0 aromatic heterocycles. The van der Waals surface area contributed by atoms with Gasteiger partial charge in [0.25, 0.3) is 5.91 Å². The normalized spacial score (nSPS) is 18.1. The highest BCUT2D eigenvalue weighted by Crippen LogP contribution is 2.39. The van der Waals surface area contributed by atoms with Crippen LogP contribution >= 0.6 is 12.2 Å². The summed E-state index contributed by atoms with van der Waals surface area (Å²) in [6.07, 6.45) is 8.01. The predicted octanol–water partition coefficient (Wildman–Crippen LogP) is 5.38. The second-order valence-electron chi connectivity index (χ2n) is 8.67. The number of nitrogens with zero attached hydrogens (tertiary/aromatic N) is 1. The molecule has 0 radical (unpaired) electrons.